The van der Waals surface area contributed by atoms with Crippen molar-refractivity contribution in [2.45, 2.75) is 25.6 Å². The number of nitrogens with one attached hydrogen (secondary N) is 1. The fourth-order valence-electron chi connectivity index (χ4n) is 1.57. The lowest BCUT2D eigenvalue weighted by Crippen LogP contribution is -2.39. The molecule has 0 radical (unpaired) electrons. The molecule has 0 aliphatic carbocycles. The lowest BCUT2D eigenvalue weighted by atomic mass is 10.3. The molecule has 1 aromatic heterocycles. The van der Waals surface area contributed by atoms with Crippen LogP contribution < -0.4 is 5.32 Å². The van der Waals surface area contributed by atoms with Crippen LogP contribution in [0.1, 0.15) is 19.5 Å². The Hall–Kier alpha value is -0.980. The zero-order chi connectivity index (χ0) is 13.6. The Balaban J connectivity index is 2.67. The largest absolute Gasteiger partial charge is 0.316 e. The van der Waals surface area contributed by atoms with E-state index in [2.05, 4.69) is 10.3 Å². The predicted molar refractivity (Wildman–Crippen MR) is 72.6 cm³/mol. The Kier molecular flexibility index (Phi) is 5.71. The van der Waals surface area contributed by atoms with Crippen LogP contribution in [0.4, 0.5) is 0 Å². The molecule has 1 atom stereocenters. The fraction of sp³-hybridized carbons (Fsp3) is 0.583. The highest BCUT2D eigenvalue weighted by Gasteiger charge is 2.25. The van der Waals surface area contributed by atoms with E-state index in [-0.39, 0.29) is 0 Å². The maximum atomic E-state index is 12.2. The van der Waals surface area contributed by atoms with E-state index in [9.17, 15) is 8.42 Å². The van der Waals surface area contributed by atoms with Gasteiger partial charge in [0.15, 0.2) is 0 Å². The first-order valence-corrected chi connectivity index (χ1v) is 7.54. The Morgan fingerprint density at radius 3 is 2.72 bits per heavy atom. The molecule has 0 aliphatic heterocycles. The summed E-state index contributed by atoms with van der Waals surface area (Å²) in [6.07, 6.45) is 1.66. The maximum absolute atomic E-state index is 12.2. The van der Waals surface area contributed by atoms with Crippen LogP contribution in [0, 0.1) is 0 Å². The molecule has 18 heavy (non-hydrogen) atoms. The van der Waals surface area contributed by atoms with Crippen molar-refractivity contribution in [2.24, 2.45) is 0 Å². The molecule has 1 heterocycles. The summed E-state index contributed by atoms with van der Waals surface area (Å²) in [7, 11) is -1.69. The number of aromatic nitrogens is 1. The molecule has 0 aromatic carbocycles. The monoisotopic (exact) mass is 271 g/mol. The smallest absolute Gasteiger partial charge is 0.218 e. The van der Waals surface area contributed by atoms with Crippen molar-refractivity contribution in [3.63, 3.8) is 0 Å². The van der Waals surface area contributed by atoms with Crippen LogP contribution in [0.25, 0.3) is 0 Å². The van der Waals surface area contributed by atoms with Crippen LogP contribution in [0.2, 0.25) is 0 Å². The van der Waals surface area contributed by atoms with Gasteiger partial charge >= 0.3 is 0 Å². The van der Waals surface area contributed by atoms with Gasteiger partial charge in [0.1, 0.15) is 0 Å². The van der Waals surface area contributed by atoms with Crippen LogP contribution in [0.3, 0.4) is 0 Å². The topological polar surface area (TPSA) is 62.3 Å². The number of pyridine rings is 1. The van der Waals surface area contributed by atoms with Crippen molar-refractivity contribution in [1.29, 1.82) is 0 Å². The first-order valence-electron chi connectivity index (χ1n) is 6.04. The van der Waals surface area contributed by atoms with Gasteiger partial charge in [0.25, 0.3) is 0 Å². The second-order valence-electron chi connectivity index (χ2n) is 4.24. The molecule has 0 amide bonds. The summed E-state index contributed by atoms with van der Waals surface area (Å²) >= 11 is 0. The van der Waals surface area contributed by atoms with Crippen molar-refractivity contribution in [1.82, 2.24) is 14.6 Å². The number of sulfonamides is 1. The Morgan fingerprint density at radius 1 is 1.44 bits per heavy atom. The van der Waals surface area contributed by atoms with Crippen molar-refractivity contribution in [2.75, 3.05) is 20.1 Å². The van der Waals surface area contributed by atoms with E-state index in [1.165, 1.54) is 4.31 Å². The van der Waals surface area contributed by atoms with Crippen LogP contribution in [-0.4, -0.2) is 43.1 Å². The van der Waals surface area contributed by atoms with Crippen molar-refractivity contribution >= 4 is 10.0 Å². The minimum absolute atomic E-state index is 0.305. The van der Waals surface area contributed by atoms with Gasteiger partial charge in [-0.05, 0) is 25.6 Å². The predicted octanol–water partition coefficient (Wildman–Crippen LogP) is 0.841. The van der Waals surface area contributed by atoms with Crippen molar-refractivity contribution < 1.29 is 8.42 Å². The minimum Gasteiger partial charge on any atom is -0.316 e. The summed E-state index contributed by atoms with van der Waals surface area (Å²) in [4.78, 5) is 4.13. The molecule has 1 N–H and O–H groups in total. The third-order valence-corrected chi connectivity index (χ3v) is 4.92. The number of hydrogen-bond donors (Lipinski definition) is 1. The van der Waals surface area contributed by atoms with Gasteiger partial charge in [-0.1, -0.05) is 13.0 Å². The number of rotatable bonds is 7. The standard InChI is InChI=1S/C12H21N3O2S/c1-4-13-9-11(2)18(16,17)15(3)10-12-7-5-6-8-14-12/h5-8,11,13H,4,9-10H2,1-3H3. The van der Waals surface area contributed by atoms with Crippen molar-refractivity contribution in [3.8, 4) is 0 Å². The molecular formula is C12H21N3O2S. The van der Waals surface area contributed by atoms with E-state index in [1.54, 1.807) is 20.2 Å². The van der Waals surface area contributed by atoms with Gasteiger partial charge in [-0.25, -0.2) is 8.42 Å². The molecule has 0 fully saturated rings. The van der Waals surface area contributed by atoms with Gasteiger partial charge in [0.05, 0.1) is 17.5 Å². The summed E-state index contributed by atoms with van der Waals surface area (Å²) < 4.78 is 25.8. The molecule has 0 bridgehead atoms. The molecule has 0 saturated carbocycles. The molecule has 0 saturated heterocycles. The van der Waals surface area contributed by atoms with Gasteiger partial charge < -0.3 is 5.32 Å². The van der Waals surface area contributed by atoms with Gasteiger partial charge in [-0.2, -0.15) is 4.31 Å². The average Bonchev–Trinajstić information content (AvgIpc) is 2.36. The lowest BCUT2D eigenvalue weighted by Gasteiger charge is -2.21. The molecule has 1 aromatic rings. The molecular weight excluding hydrogens is 250 g/mol. The lowest BCUT2D eigenvalue weighted by molar-refractivity contribution is 0.450. The molecule has 1 rings (SSSR count). The molecule has 5 nitrogen and oxygen atoms in total. The average molecular weight is 271 g/mol. The van der Waals surface area contributed by atoms with E-state index in [4.69, 9.17) is 0 Å². The van der Waals surface area contributed by atoms with Crippen molar-refractivity contribution in [3.05, 3.63) is 30.1 Å². The van der Waals surface area contributed by atoms with Crippen LogP contribution in [0.5, 0.6) is 0 Å². The Labute approximate surface area is 109 Å². The SMILES string of the molecule is CCNCC(C)S(=O)(=O)N(C)Cc1ccccn1. The van der Waals surface area contributed by atoms with Crippen LogP contribution in [0.15, 0.2) is 24.4 Å². The second kappa shape index (κ2) is 6.82. The Bertz CT molecular complexity index is 448. The summed E-state index contributed by atoms with van der Waals surface area (Å²) in [5, 5.41) is 2.61. The van der Waals surface area contributed by atoms with Gasteiger partial charge in [0.2, 0.25) is 10.0 Å². The Morgan fingerprint density at radius 2 is 2.17 bits per heavy atom. The molecule has 0 aliphatic rings. The fourth-order valence-corrected chi connectivity index (χ4v) is 2.82. The number of hydrogen-bond acceptors (Lipinski definition) is 4. The van der Waals surface area contributed by atoms with Gasteiger partial charge in [0, 0.05) is 19.8 Å². The first kappa shape index (κ1) is 15.1. The normalized spacial score (nSPS) is 13.8. The maximum Gasteiger partial charge on any atom is 0.218 e. The number of nitrogens with zero attached hydrogens (tertiary/aromatic N) is 2. The minimum atomic E-state index is -3.28. The molecule has 6 heteroatoms. The first-order chi connectivity index (χ1) is 8.48. The van der Waals surface area contributed by atoms with E-state index >= 15 is 0 Å². The highest BCUT2D eigenvalue weighted by atomic mass is 32.2. The van der Waals surface area contributed by atoms with E-state index in [0.29, 0.717) is 13.1 Å². The van der Waals surface area contributed by atoms with E-state index < -0.39 is 15.3 Å². The summed E-state index contributed by atoms with van der Waals surface area (Å²) in [5.74, 6) is 0. The third-order valence-electron chi connectivity index (χ3n) is 2.74. The highest BCUT2D eigenvalue weighted by Crippen LogP contribution is 2.09. The zero-order valence-corrected chi connectivity index (χ0v) is 11.9. The molecule has 102 valence electrons. The summed E-state index contributed by atoms with van der Waals surface area (Å²) in [6.45, 7) is 5.21. The zero-order valence-electron chi connectivity index (χ0n) is 11.1. The highest BCUT2D eigenvalue weighted by molar-refractivity contribution is 7.89. The van der Waals surface area contributed by atoms with Gasteiger partial charge in [-0.15, -0.1) is 0 Å². The molecule has 1 unspecified atom stereocenters. The van der Waals surface area contributed by atoms with Crippen LogP contribution >= 0.6 is 0 Å². The summed E-state index contributed by atoms with van der Waals surface area (Å²) in [5.41, 5.74) is 0.749. The third kappa shape index (κ3) is 4.04. The van der Waals surface area contributed by atoms with Crippen LogP contribution in [-0.2, 0) is 16.6 Å². The molecule has 0 spiro atoms. The quantitative estimate of drug-likeness (QED) is 0.798. The second-order valence-corrected chi connectivity index (χ2v) is 6.70. The van der Waals surface area contributed by atoms with E-state index in [1.807, 2.05) is 25.1 Å². The summed E-state index contributed by atoms with van der Waals surface area (Å²) in [6, 6.07) is 5.48. The van der Waals surface area contributed by atoms with Gasteiger partial charge in [-0.3, -0.25) is 4.98 Å². The van der Waals surface area contributed by atoms with E-state index in [0.717, 1.165) is 12.2 Å².